The lowest BCUT2D eigenvalue weighted by molar-refractivity contribution is 0.102. The number of piperidine rings is 1. The lowest BCUT2D eigenvalue weighted by atomic mass is 10.1. The van der Waals surface area contributed by atoms with Gasteiger partial charge < -0.3 is 10.1 Å². The number of nitrogens with one attached hydrogen (secondary N) is 1. The van der Waals surface area contributed by atoms with E-state index in [1.54, 1.807) is 29.1 Å². The average Bonchev–Trinajstić information content (AvgIpc) is 3.23. The fourth-order valence-corrected chi connectivity index (χ4v) is 4.03. The zero-order valence-corrected chi connectivity index (χ0v) is 19.0. The van der Waals surface area contributed by atoms with Gasteiger partial charge in [-0.05, 0) is 49.2 Å². The van der Waals surface area contributed by atoms with Crippen LogP contribution in [0.25, 0.3) is 11.3 Å². The number of nitrogens with zero attached hydrogens (tertiary/aromatic N) is 3. The Morgan fingerprint density at radius 1 is 1.24 bits per heavy atom. The predicted octanol–water partition coefficient (Wildman–Crippen LogP) is 4.94. The Balaban J connectivity index is 1.51. The van der Waals surface area contributed by atoms with E-state index >= 15 is 0 Å². The van der Waals surface area contributed by atoms with Gasteiger partial charge in [0.1, 0.15) is 18.5 Å². The van der Waals surface area contributed by atoms with Crippen molar-refractivity contribution in [1.29, 1.82) is 0 Å². The maximum absolute atomic E-state index is 14.2. The summed E-state index contributed by atoms with van der Waals surface area (Å²) in [4.78, 5) is 14.8. The normalized spacial score (nSPS) is 14.9. The molecule has 4 rings (SSSR count). The molecule has 1 fully saturated rings. The first-order valence-electron chi connectivity index (χ1n) is 10.8. The van der Waals surface area contributed by atoms with Crippen molar-refractivity contribution in [2.24, 2.45) is 7.05 Å². The Morgan fingerprint density at radius 3 is 2.76 bits per heavy atom. The van der Waals surface area contributed by atoms with Crippen LogP contribution in [0.5, 0.6) is 5.75 Å². The second-order valence-electron chi connectivity index (χ2n) is 7.97. The maximum Gasteiger partial charge on any atom is 0.258 e. The second kappa shape index (κ2) is 10.3. The van der Waals surface area contributed by atoms with Gasteiger partial charge >= 0.3 is 0 Å². The van der Waals surface area contributed by atoms with Crippen LogP contribution in [0.3, 0.4) is 0 Å². The first-order chi connectivity index (χ1) is 15.9. The number of amides is 1. The van der Waals surface area contributed by atoms with Crippen molar-refractivity contribution >= 4 is 23.2 Å². The maximum atomic E-state index is 14.2. The van der Waals surface area contributed by atoms with E-state index in [0.29, 0.717) is 37.4 Å². The molecular weight excluding hydrogens is 450 g/mol. The summed E-state index contributed by atoms with van der Waals surface area (Å²) in [5, 5.41) is 6.83. The minimum Gasteiger partial charge on any atom is -0.492 e. The highest BCUT2D eigenvalue weighted by Crippen LogP contribution is 2.33. The summed E-state index contributed by atoms with van der Waals surface area (Å²) < 4.78 is 35.3. The highest BCUT2D eigenvalue weighted by atomic mass is 35.5. The minimum atomic E-state index is -0.764. The lowest BCUT2D eigenvalue weighted by Crippen LogP contribution is -2.37. The largest absolute Gasteiger partial charge is 0.492 e. The van der Waals surface area contributed by atoms with E-state index in [4.69, 9.17) is 16.3 Å². The van der Waals surface area contributed by atoms with Gasteiger partial charge in [0.15, 0.2) is 5.82 Å². The second-order valence-corrected chi connectivity index (χ2v) is 8.38. The molecule has 6 nitrogen and oxygen atoms in total. The number of carbonyl (C=O) groups excluding carboxylic acids is 1. The summed E-state index contributed by atoms with van der Waals surface area (Å²) in [6.07, 6.45) is 2.08. The number of aromatic nitrogens is 2. The van der Waals surface area contributed by atoms with Gasteiger partial charge in [-0.15, -0.1) is 0 Å². The number of benzene rings is 2. The molecule has 9 heteroatoms. The van der Waals surface area contributed by atoms with Crippen LogP contribution in [0.15, 0.2) is 48.7 Å². The monoisotopic (exact) mass is 474 g/mol. The van der Waals surface area contributed by atoms with E-state index in [1.165, 1.54) is 18.2 Å². The molecule has 1 amide bonds. The van der Waals surface area contributed by atoms with E-state index in [2.05, 4.69) is 15.3 Å². The van der Waals surface area contributed by atoms with E-state index in [9.17, 15) is 13.6 Å². The smallest absolute Gasteiger partial charge is 0.258 e. The molecule has 3 aromatic rings. The Hall–Kier alpha value is -2.97. The van der Waals surface area contributed by atoms with Crippen LogP contribution >= 0.6 is 11.6 Å². The first-order valence-corrected chi connectivity index (χ1v) is 11.2. The molecule has 0 saturated carbocycles. The van der Waals surface area contributed by atoms with Gasteiger partial charge in [0, 0.05) is 44.1 Å². The fraction of sp³-hybridized carbons (Fsp3) is 0.333. The molecule has 174 valence electrons. The molecule has 0 unspecified atom stereocenters. The summed E-state index contributed by atoms with van der Waals surface area (Å²) in [6.45, 7) is 2.60. The van der Waals surface area contributed by atoms with Gasteiger partial charge in [-0.2, -0.15) is 5.10 Å². The molecule has 1 N–H and O–H groups in total. The summed E-state index contributed by atoms with van der Waals surface area (Å²) in [6, 6.07) is 11.4. The van der Waals surface area contributed by atoms with Crippen LogP contribution in [0.2, 0.25) is 5.02 Å². The predicted molar refractivity (Wildman–Crippen MR) is 124 cm³/mol. The van der Waals surface area contributed by atoms with E-state index < -0.39 is 17.9 Å². The van der Waals surface area contributed by atoms with Crippen molar-refractivity contribution in [2.45, 2.75) is 19.0 Å². The summed E-state index contributed by atoms with van der Waals surface area (Å²) >= 11 is 5.80. The molecule has 1 saturated heterocycles. The van der Waals surface area contributed by atoms with Gasteiger partial charge in [-0.1, -0.05) is 17.7 Å². The standard InChI is InChI=1S/C24H25ClF2N4O2/c1-30-21(7-10-28-30)19-15-17(29-24(32)18-3-2-4-20(25)23(18)27)5-6-22(19)33-14-13-31-11-8-16(26)9-12-31/h2-7,10,15-16H,8-9,11-14H2,1H3,(H,29,32). The molecule has 2 heterocycles. The zero-order chi connectivity index (χ0) is 23.4. The van der Waals surface area contributed by atoms with Crippen molar-refractivity contribution in [2.75, 3.05) is 31.6 Å². The third kappa shape index (κ3) is 5.51. The van der Waals surface area contributed by atoms with Crippen LogP contribution < -0.4 is 10.1 Å². The molecule has 0 radical (unpaired) electrons. The van der Waals surface area contributed by atoms with Gasteiger partial charge in [0.25, 0.3) is 5.91 Å². The topological polar surface area (TPSA) is 59.4 Å². The van der Waals surface area contributed by atoms with Gasteiger partial charge in [0.2, 0.25) is 0 Å². The Kier molecular flexibility index (Phi) is 7.25. The number of halogens is 3. The fourth-order valence-electron chi connectivity index (χ4n) is 3.86. The number of hydrogen-bond acceptors (Lipinski definition) is 4. The highest BCUT2D eigenvalue weighted by molar-refractivity contribution is 6.31. The number of ether oxygens (including phenoxy) is 1. The van der Waals surface area contributed by atoms with Crippen LogP contribution in [0.4, 0.5) is 14.5 Å². The molecule has 0 spiro atoms. The SMILES string of the molecule is Cn1nccc1-c1cc(NC(=O)c2cccc(Cl)c2F)ccc1OCCN1CCC(F)CC1. The van der Waals surface area contributed by atoms with Crippen LogP contribution in [-0.4, -0.2) is 53.0 Å². The van der Waals surface area contributed by atoms with E-state index in [0.717, 1.165) is 24.3 Å². The number of anilines is 1. The number of hydrogen-bond donors (Lipinski definition) is 1. The third-order valence-corrected chi connectivity index (χ3v) is 6.00. The van der Waals surface area contributed by atoms with Crippen molar-refractivity contribution < 1.29 is 18.3 Å². The van der Waals surface area contributed by atoms with E-state index in [-0.39, 0.29) is 10.6 Å². The van der Waals surface area contributed by atoms with Crippen molar-refractivity contribution in [1.82, 2.24) is 14.7 Å². The zero-order valence-electron chi connectivity index (χ0n) is 18.2. The van der Waals surface area contributed by atoms with Gasteiger partial charge in [-0.25, -0.2) is 8.78 Å². The number of likely N-dealkylation sites (tertiary alicyclic amines) is 1. The van der Waals surface area contributed by atoms with Crippen molar-refractivity contribution in [3.63, 3.8) is 0 Å². The van der Waals surface area contributed by atoms with Crippen LogP contribution in [0, 0.1) is 5.82 Å². The Morgan fingerprint density at radius 2 is 2.03 bits per heavy atom. The third-order valence-electron chi connectivity index (χ3n) is 5.71. The molecular formula is C24H25ClF2N4O2. The molecule has 1 aromatic heterocycles. The molecule has 1 aliphatic rings. The lowest BCUT2D eigenvalue weighted by Gasteiger charge is -2.28. The number of carbonyl (C=O) groups is 1. The van der Waals surface area contributed by atoms with Gasteiger partial charge in [-0.3, -0.25) is 14.4 Å². The quantitative estimate of drug-likeness (QED) is 0.526. The molecule has 2 aromatic carbocycles. The number of rotatable bonds is 7. The van der Waals surface area contributed by atoms with Crippen LogP contribution in [-0.2, 0) is 7.05 Å². The molecule has 0 atom stereocenters. The summed E-state index contributed by atoms with van der Waals surface area (Å²) in [5.41, 5.74) is 1.88. The summed E-state index contributed by atoms with van der Waals surface area (Å²) in [5.74, 6) is -0.734. The van der Waals surface area contributed by atoms with E-state index in [1.807, 2.05) is 13.1 Å². The first kappa shape index (κ1) is 23.2. The van der Waals surface area contributed by atoms with Crippen LogP contribution in [0.1, 0.15) is 23.2 Å². The Labute approximate surface area is 196 Å². The average molecular weight is 475 g/mol. The molecule has 0 aliphatic carbocycles. The minimum absolute atomic E-state index is 0.113. The molecule has 0 bridgehead atoms. The molecule has 1 aliphatic heterocycles. The molecule has 33 heavy (non-hydrogen) atoms. The summed E-state index contributed by atoms with van der Waals surface area (Å²) in [7, 11) is 1.81. The highest BCUT2D eigenvalue weighted by Gasteiger charge is 2.19. The van der Waals surface area contributed by atoms with Gasteiger partial charge in [0.05, 0.1) is 16.3 Å². The Bertz CT molecular complexity index is 1130. The number of aryl methyl sites for hydroxylation is 1. The number of alkyl halides is 1. The van der Waals surface area contributed by atoms with Crippen molar-refractivity contribution in [3.05, 3.63) is 65.1 Å². The van der Waals surface area contributed by atoms with Crippen molar-refractivity contribution in [3.8, 4) is 17.0 Å².